The van der Waals surface area contributed by atoms with E-state index in [1.54, 1.807) is 27.1 Å². The molecule has 0 bridgehead atoms. The number of amides is 2. The van der Waals surface area contributed by atoms with Gasteiger partial charge in [-0.1, -0.05) is 231 Å². The van der Waals surface area contributed by atoms with Crippen LogP contribution in [0, 0.1) is 56.1 Å². The smallest absolute Gasteiger partial charge is 0.258 e. The fourth-order valence-electron chi connectivity index (χ4n) is 8.82. The maximum absolute atomic E-state index is 13.3. The van der Waals surface area contributed by atoms with Gasteiger partial charge >= 0.3 is 0 Å². The molecule has 0 saturated heterocycles. The first-order valence-electron chi connectivity index (χ1n) is 33.9. The highest BCUT2D eigenvalue weighted by Crippen LogP contribution is 2.32. The fraction of sp³-hybridized carbons (Fsp3) is 0.658. The van der Waals surface area contributed by atoms with Crippen LogP contribution in [0.5, 0.6) is 0 Å². The van der Waals surface area contributed by atoms with E-state index in [0.717, 1.165) is 107 Å². The molecule has 1 aliphatic carbocycles. The van der Waals surface area contributed by atoms with Crippen LogP contribution >= 0.6 is 0 Å². The SMILES string of the molecule is C1CCCC1.C=CCCCC(=O)NC.CC.CC.CCC/C(OC)=C(\C(C)=C(\C)CC)c1cc(C(=O)Nc2nc3ccc(C)cc3n2C)cc(C)n1.CCCC.CCCC(C)CCC(C)CC.CCCCC(C)C(C)CC.Cc1cc(F)cc(F)c1. The number of hydrogen-bond acceptors (Lipinski definition) is 5. The van der Waals surface area contributed by atoms with Gasteiger partial charge in [-0.15, -0.1) is 6.58 Å². The predicted octanol–water partition coefficient (Wildman–Crippen LogP) is 24.0. The lowest BCUT2D eigenvalue weighted by molar-refractivity contribution is -0.120. The number of unbranched alkanes of at least 4 members (excludes halogenated alkanes) is 3. The Labute approximate surface area is 529 Å². The molecular formula is C76H133F2N5O3. The summed E-state index contributed by atoms with van der Waals surface area (Å²) in [5.41, 5.74) is 9.02. The summed E-state index contributed by atoms with van der Waals surface area (Å²) in [6.45, 7) is 48.6. The number of aryl methyl sites for hydroxylation is 4. The number of allylic oxidation sites excluding steroid dienone is 5. The van der Waals surface area contributed by atoms with Crippen molar-refractivity contribution < 1.29 is 23.1 Å². The average molecular weight is 1200 g/mol. The Morgan fingerprint density at radius 2 is 1.24 bits per heavy atom. The standard InChI is InChI=1S/C28H36N4O2.C11H24.C10H22.C7H6F2.C7H13NO.C5H10.C4H10.2C2H6/c1-9-11-25(34-8)26(20(6)18(4)10-2)23-16-21(15-19(5)29-23)27(33)31-28-30-22-13-12-17(3)14-24(22)32(28)7;1-5-7-11(4)9-8-10(3)6-2;1-5-7-8-10(4)9(3)6-2;1-5-2-6(8)4-7(9)3-5;1-3-4-5-6-7(9)8-2;1-2-4-5-3-1;1-3-4-2;2*1-2/h12-16H,9-11H2,1-8H3,(H,30,31,33);10-11H,5-9H2,1-4H3;9-10H,5-8H2,1-4H3;2-4H,1H3;3H,1,4-6H2,2H3,(H,8,9);1-5H2;3-4H2,1-2H3;2*1-2H3/b20-18-,26-25-;;;;;;;;. The van der Waals surface area contributed by atoms with E-state index < -0.39 is 11.6 Å². The number of hydrogen-bond donors (Lipinski definition) is 2. The number of methoxy groups -OCH3 is 1. The van der Waals surface area contributed by atoms with Crippen LogP contribution in [0.4, 0.5) is 14.7 Å². The highest BCUT2D eigenvalue weighted by Gasteiger charge is 2.20. The summed E-state index contributed by atoms with van der Waals surface area (Å²) in [5.74, 6) is 4.00. The topological polar surface area (TPSA) is 98.1 Å². The van der Waals surface area contributed by atoms with Crippen LogP contribution in [-0.2, 0) is 16.6 Å². The Hall–Kier alpha value is -5.12. The van der Waals surface area contributed by atoms with Crippen LogP contribution in [0.3, 0.4) is 0 Å². The third-order valence-electron chi connectivity index (χ3n) is 15.4. The van der Waals surface area contributed by atoms with E-state index in [4.69, 9.17) is 9.72 Å². The average Bonchev–Trinajstić information content (AvgIpc) is 2.42. The third kappa shape index (κ3) is 41.1. The van der Waals surface area contributed by atoms with Crippen molar-refractivity contribution in [3.8, 4) is 0 Å². The number of anilines is 1. The Balaban J connectivity index is -0.000000528. The minimum atomic E-state index is -0.521. The number of rotatable bonds is 24. The molecule has 494 valence electrons. The Bertz CT molecular complexity index is 2340. The van der Waals surface area contributed by atoms with E-state index in [1.165, 1.54) is 120 Å². The molecule has 4 atom stereocenters. The van der Waals surface area contributed by atoms with E-state index in [1.807, 2.05) is 77.4 Å². The number of benzene rings is 2. The van der Waals surface area contributed by atoms with Gasteiger partial charge in [0.1, 0.15) is 17.4 Å². The summed E-state index contributed by atoms with van der Waals surface area (Å²) in [4.78, 5) is 33.3. The molecule has 2 N–H and O–H groups in total. The van der Waals surface area contributed by atoms with Crippen molar-refractivity contribution in [3.63, 3.8) is 0 Å². The van der Waals surface area contributed by atoms with Crippen molar-refractivity contribution in [1.29, 1.82) is 0 Å². The van der Waals surface area contributed by atoms with Crippen molar-refractivity contribution >= 4 is 34.4 Å². The number of imidazole rings is 1. The first-order chi connectivity index (χ1) is 41.0. The molecule has 2 heterocycles. The zero-order valence-corrected chi connectivity index (χ0v) is 60.1. The van der Waals surface area contributed by atoms with Crippen LogP contribution in [0.2, 0.25) is 0 Å². The molecule has 86 heavy (non-hydrogen) atoms. The van der Waals surface area contributed by atoms with Gasteiger partial charge in [-0.2, -0.15) is 0 Å². The first kappa shape index (κ1) is 87.3. The van der Waals surface area contributed by atoms with E-state index in [-0.39, 0.29) is 11.8 Å². The lowest BCUT2D eigenvalue weighted by Gasteiger charge is -2.18. The molecule has 0 spiro atoms. The van der Waals surface area contributed by atoms with Crippen molar-refractivity contribution in [2.45, 2.75) is 287 Å². The zero-order valence-electron chi connectivity index (χ0n) is 60.1. The van der Waals surface area contributed by atoms with Crippen molar-refractivity contribution in [2.24, 2.45) is 30.7 Å². The van der Waals surface area contributed by atoms with Gasteiger partial charge in [0.25, 0.3) is 5.91 Å². The van der Waals surface area contributed by atoms with Crippen LogP contribution in [0.15, 0.2) is 78.1 Å². The Morgan fingerprint density at radius 1 is 0.674 bits per heavy atom. The van der Waals surface area contributed by atoms with Crippen molar-refractivity contribution in [3.05, 3.63) is 118 Å². The van der Waals surface area contributed by atoms with Crippen LogP contribution in [-0.4, -0.2) is 40.5 Å². The number of halogens is 2. The van der Waals surface area contributed by atoms with E-state index in [0.29, 0.717) is 23.5 Å². The minimum Gasteiger partial charge on any atom is -0.500 e. The lowest BCUT2D eigenvalue weighted by Crippen LogP contribution is -2.16. The largest absolute Gasteiger partial charge is 0.500 e. The molecule has 0 aliphatic heterocycles. The second-order valence-corrected chi connectivity index (χ2v) is 22.9. The molecule has 8 nitrogen and oxygen atoms in total. The summed E-state index contributed by atoms with van der Waals surface area (Å²) < 4.78 is 32.1. The monoisotopic (exact) mass is 1200 g/mol. The molecule has 4 aromatic rings. The summed E-state index contributed by atoms with van der Waals surface area (Å²) in [5, 5.41) is 5.54. The zero-order chi connectivity index (χ0) is 66.6. The van der Waals surface area contributed by atoms with Crippen molar-refractivity contribution in [1.82, 2.24) is 19.9 Å². The fourth-order valence-corrected chi connectivity index (χ4v) is 8.82. The maximum atomic E-state index is 13.3. The number of ether oxygens (including phenoxy) is 1. The summed E-state index contributed by atoms with van der Waals surface area (Å²) in [7, 11) is 5.26. The molecular weight excluding hydrogens is 1070 g/mol. The lowest BCUT2D eigenvalue weighted by atomic mass is 9.89. The molecule has 0 radical (unpaired) electrons. The highest BCUT2D eigenvalue weighted by molar-refractivity contribution is 6.04. The van der Waals surface area contributed by atoms with E-state index in [9.17, 15) is 18.4 Å². The molecule has 2 aromatic heterocycles. The summed E-state index contributed by atoms with van der Waals surface area (Å²) in [6.07, 6.45) is 29.6. The van der Waals surface area contributed by atoms with E-state index >= 15 is 0 Å². The molecule has 5 rings (SSSR count). The molecule has 2 aromatic carbocycles. The number of fused-ring (bicyclic) bond motifs is 1. The van der Waals surface area contributed by atoms with Gasteiger partial charge in [-0.05, 0) is 137 Å². The Morgan fingerprint density at radius 3 is 1.70 bits per heavy atom. The van der Waals surface area contributed by atoms with E-state index in [2.05, 4.69) is 125 Å². The van der Waals surface area contributed by atoms with Gasteiger partial charge in [0.15, 0.2) is 0 Å². The first-order valence-corrected chi connectivity index (χ1v) is 33.9. The second kappa shape index (κ2) is 56.4. The quantitative estimate of drug-likeness (QED) is 0.0315. The number of carbonyl (C=O) groups excluding carboxylic acids is 2. The number of nitrogens with zero attached hydrogens (tertiary/aromatic N) is 3. The van der Waals surface area contributed by atoms with Gasteiger partial charge in [0.2, 0.25) is 11.9 Å². The predicted molar refractivity (Wildman–Crippen MR) is 376 cm³/mol. The number of aromatic nitrogens is 3. The van der Waals surface area contributed by atoms with Crippen molar-refractivity contribution in [2.75, 3.05) is 19.5 Å². The molecule has 1 fully saturated rings. The number of nitrogens with one attached hydrogen (secondary N) is 2. The summed E-state index contributed by atoms with van der Waals surface area (Å²) >= 11 is 0. The molecule has 10 heteroatoms. The second-order valence-electron chi connectivity index (χ2n) is 22.9. The van der Waals surface area contributed by atoms with Gasteiger partial charge < -0.3 is 14.6 Å². The number of carbonyl (C=O) groups is 2. The molecule has 2 amide bonds. The molecule has 1 aliphatic rings. The van der Waals surface area contributed by atoms with Crippen LogP contribution in [0.1, 0.15) is 299 Å². The third-order valence-corrected chi connectivity index (χ3v) is 15.4. The van der Waals surface area contributed by atoms with Crippen LogP contribution in [0.25, 0.3) is 16.6 Å². The number of pyridine rings is 1. The highest BCUT2D eigenvalue weighted by atomic mass is 19.1. The Kier molecular flexibility index (Phi) is 57.3. The normalized spacial score (nSPS) is 13.0. The van der Waals surface area contributed by atoms with Gasteiger partial charge in [0.05, 0.1) is 23.8 Å². The summed E-state index contributed by atoms with van der Waals surface area (Å²) in [6, 6.07) is 13.1. The maximum Gasteiger partial charge on any atom is 0.258 e. The minimum absolute atomic E-state index is 0.108. The van der Waals surface area contributed by atoms with Gasteiger partial charge in [0, 0.05) is 49.8 Å². The molecule has 1 saturated carbocycles. The van der Waals surface area contributed by atoms with Gasteiger partial charge in [-0.25, -0.2) is 13.8 Å². The molecule has 4 unspecified atom stereocenters. The van der Waals surface area contributed by atoms with Gasteiger partial charge in [-0.3, -0.25) is 19.9 Å². The van der Waals surface area contributed by atoms with Crippen LogP contribution < -0.4 is 10.6 Å².